The van der Waals surface area contributed by atoms with Crippen molar-refractivity contribution in [3.8, 4) is 0 Å². The second-order valence-corrected chi connectivity index (χ2v) is 3.15. The van der Waals surface area contributed by atoms with Crippen LogP contribution in [0.3, 0.4) is 0 Å². The number of hydrazone groups is 1. The van der Waals surface area contributed by atoms with Gasteiger partial charge in [0.1, 0.15) is 5.70 Å². The van der Waals surface area contributed by atoms with Crippen molar-refractivity contribution >= 4 is 17.9 Å². The molecular formula is C10H11N5O. The van der Waals surface area contributed by atoms with Crippen LogP contribution in [-0.4, -0.2) is 11.9 Å². The van der Waals surface area contributed by atoms with Gasteiger partial charge in [-0.15, -0.1) is 5.10 Å². The SMILES string of the molecule is NN=C1NNC(=Cc2ccccc2)C(=O)N1. The molecule has 0 bridgehead atoms. The van der Waals surface area contributed by atoms with Crippen molar-refractivity contribution in [1.82, 2.24) is 16.2 Å². The molecule has 0 radical (unpaired) electrons. The van der Waals surface area contributed by atoms with Gasteiger partial charge in [0.25, 0.3) is 5.91 Å². The van der Waals surface area contributed by atoms with Gasteiger partial charge >= 0.3 is 0 Å². The van der Waals surface area contributed by atoms with E-state index >= 15 is 0 Å². The van der Waals surface area contributed by atoms with Crippen LogP contribution in [-0.2, 0) is 4.79 Å². The molecule has 1 aromatic rings. The Balaban J connectivity index is 2.18. The van der Waals surface area contributed by atoms with E-state index in [0.717, 1.165) is 5.56 Å². The third kappa shape index (κ3) is 2.11. The summed E-state index contributed by atoms with van der Waals surface area (Å²) in [6, 6.07) is 9.50. The maximum atomic E-state index is 11.5. The first-order chi connectivity index (χ1) is 7.79. The van der Waals surface area contributed by atoms with E-state index in [2.05, 4.69) is 21.3 Å². The molecule has 82 valence electrons. The van der Waals surface area contributed by atoms with Crippen molar-refractivity contribution in [3.63, 3.8) is 0 Å². The van der Waals surface area contributed by atoms with Gasteiger partial charge in [-0.1, -0.05) is 30.3 Å². The smallest absolute Gasteiger partial charge is 0.275 e. The molecule has 1 amide bonds. The number of guanidine groups is 1. The van der Waals surface area contributed by atoms with E-state index in [0.29, 0.717) is 5.70 Å². The lowest BCUT2D eigenvalue weighted by molar-refractivity contribution is -0.117. The standard InChI is InChI=1S/C10H11N5O/c11-13-10-12-9(16)8(14-15-10)6-7-4-2-1-3-5-7/h1-6,14H,11H2,(H2,12,13,15,16). The summed E-state index contributed by atoms with van der Waals surface area (Å²) in [6.45, 7) is 0. The normalized spacial score (nSPS) is 20.1. The van der Waals surface area contributed by atoms with Crippen molar-refractivity contribution < 1.29 is 4.79 Å². The number of nitrogens with two attached hydrogens (primary N) is 1. The summed E-state index contributed by atoms with van der Waals surface area (Å²) >= 11 is 0. The van der Waals surface area contributed by atoms with Gasteiger partial charge in [0.05, 0.1) is 0 Å². The molecule has 5 N–H and O–H groups in total. The van der Waals surface area contributed by atoms with Crippen molar-refractivity contribution in [2.45, 2.75) is 0 Å². The summed E-state index contributed by atoms with van der Waals surface area (Å²) in [6.07, 6.45) is 1.72. The number of hydrogen-bond acceptors (Lipinski definition) is 4. The minimum atomic E-state index is -0.285. The minimum Gasteiger partial charge on any atom is -0.320 e. The second-order valence-electron chi connectivity index (χ2n) is 3.15. The Morgan fingerprint density at radius 1 is 1.19 bits per heavy atom. The number of rotatable bonds is 1. The topological polar surface area (TPSA) is 91.5 Å². The first kappa shape index (κ1) is 10.0. The number of amides is 1. The predicted octanol–water partition coefficient (Wildman–Crippen LogP) is -0.519. The van der Waals surface area contributed by atoms with E-state index in [1.165, 1.54) is 0 Å². The summed E-state index contributed by atoms with van der Waals surface area (Å²) in [5.41, 5.74) is 6.68. The maximum Gasteiger partial charge on any atom is 0.275 e. The van der Waals surface area contributed by atoms with Crippen LogP contribution < -0.4 is 22.0 Å². The molecule has 0 aromatic heterocycles. The third-order valence-electron chi connectivity index (χ3n) is 2.03. The highest BCUT2D eigenvalue weighted by atomic mass is 16.2. The molecule has 1 fully saturated rings. The van der Waals surface area contributed by atoms with Crippen LogP contribution in [0.4, 0.5) is 0 Å². The van der Waals surface area contributed by atoms with Crippen molar-refractivity contribution in [2.24, 2.45) is 10.9 Å². The van der Waals surface area contributed by atoms with Gasteiger partial charge in [-0.05, 0) is 11.6 Å². The van der Waals surface area contributed by atoms with Crippen LogP contribution in [0.1, 0.15) is 5.56 Å². The van der Waals surface area contributed by atoms with E-state index in [1.54, 1.807) is 6.08 Å². The molecule has 16 heavy (non-hydrogen) atoms. The fourth-order valence-corrected chi connectivity index (χ4v) is 1.27. The van der Waals surface area contributed by atoms with Gasteiger partial charge in [-0.25, -0.2) is 0 Å². The first-order valence-electron chi connectivity index (χ1n) is 4.67. The first-order valence-corrected chi connectivity index (χ1v) is 4.67. The molecule has 1 aliphatic heterocycles. The summed E-state index contributed by atoms with van der Waals surface area (Å²) in [4.78, 5) is 11.5. The number of carbonyl (C=O) groups is 1. The van der Waals surface area contributed by atoms with Crippen molar-refractivity contribution in [1.29, 1.82) is 0 Å². The third-order valence-corrected chi connectivity index (χ3v) is 2.03. The molecule has 1 aliphatic rings. The van der Waals surface area contributed by atoms with Crippen LogP contribution in [0.2, 0.25) is 0 Å². The Kier molecular flexibility index (Phi) is 2.73. The molecule has 0 spiro atoms. The van der Waals surface area contributed by atoms with Gasteiger partial charge in [0, 0.05) is 0 Å². The van der Waals surface area contributed by atoms with Crippen LogP contribution in [0.5, 0.6) is 0 Å². The second kappa shape index (κ2) is 4.35. The highest BCUT2D eigenvalue weighted by Crippen LogP contribution is 2.05. The quantitative estimate of drug-likeness (QED) is 0.289. The van der Waals surface area contributed by atoms with Gasteiger partial charge in [0.15, 0.2) is 0 Å². The molecular weight excluding hydrogens is 206 g/mol. The van der Waals surface area contributed by atoms with E-state index in [-0.39, 0.29) is 11.9 Å². The number of hydrogen-bond donors (Lipinski definition) is 4. The molecule has 1 aromatic carbocycles. The largest absolute Gasteiger partial charge is 0.320 e. The number of hydrazine groups is 1. The Hall–Kier alpha value is -2.50. The number of nitrogens with one attached hydrogen (secondary N) is 3. The molecule has 2 rings (SSSR count). The monoisotopic (exact) mass is 217 g/mol. The average molecular weight is 217 g/mol. The lowest BCUT2D eigenvalue weighted by Gasteiger charge is -2.20. The summed E-state index contributed by atoms with van der Waals surface area (Å²) in [5.74, 6) is 4.92. The molecule has 6 nitrogen and oxygen atoms in total. The van der Waals surface area contributed by atoms with E-state index in [9.17, 15) is 4.79 Å². The van der Waals surface area contributed by atoms with Crippen molar-refractivity contribution in [2.75, 3.05) is 0 Å². The van der Waals surface area contributed by atoms with Gasteiger partial charge in [-0.3, -0.25) is 21.0 Å². The molecule has 0 unspecified atom stereocenters. The molecule has 0 atom stereocenters. The summed E-state index contributed by atoms with van der Waals surface area (Å²) in [5, 5.41) is 5.80. The zero-order valence-electron chi connectivity index (χ0n) is 8.40. The molecule has 0 saturated carbocycles. The number of nitrogens with zero attached hydrogens (tertiary/aromatic N) is 1. The zero-order valence-corrected chi connectivity index (χ0v) is 8.40. The minimum absolute atomic E-state index is 0.190. The average Bonchev–Trinajstić information content (AvgIpc) is 2.33. The zero-order chi connectivity index (χ0) is 11.4. The van der Waals surface area contributed by atoms with Crippen LogP contribution in [0.15, 0.2) is 41.1 Å². The maximum absolute atomic E-state index is 11.5. The van der Waals surface area contributed by atoms with E-state index < -0.39 is 0 Å². The lowest BCUT2D eigenvalue weighted by atomic mass is 10.2. The van der Waals surface area contributed by atoms with Crippen LogP contribution >= 0.6 is 0 Å². The Labute approximate surface area is 92.2 Å². The number of carbonyl (C=O) groups excluding carboxylic acids is 1. The fraction of sp³-hybridized carbons (Fsp3) is 0. The highest BCUT2D eigenvalue weighted by Gasteiger charge is 2.17. The Morgan fingerprint density at radius 3 is 2.56 bits per heavy atom. The molecule has 0 aliphatic carbocycles. The van der Waals surface area contributed by atoms with Gasteiger partial charge in [0.2, 0.25) is 5.96 Å². The van der Waals surface area contributed by atoms with E-state index in [4.69, 9.17) is 5.84 Å². The molecule has 1 saturated heterocycles. The lowest BCUT2D eigenvalue weighted by Crippen LogP contribution is -2.56. The fourth-order valence-electron chi connectivity index (χ4n) is 1.27. The predicted molar refractivity (Wildman–Crippen MR) is 60.5 cm³/mol. The number of benzene rings is 1. The Bertz CT molecular complexity index is 452. The molecule has 6 heteroatoms. The summed E-state index contributed by atoms with van der Waals surface area (Å²) < 4.78 is 0. The summed E-state index contributed by atoms with van der Waals surface area (Å²) in [7, 11) is 0. The highest BCUT2D eigenvalue weighted by molar-refractivity contribution is 6.09. The van der Waals surface area contributed by atoms with Gasteiger partial charge in [-0.2, -0.15) is 0 Å². The van der Waals surface area contributed by atoms with Crippen molar-refractivity contribution in [3.05, 3.63) is 41.6 Å². The van der Waals surface area contributed by atoms with Crippen LogP contribution in [0.25, 0.3) is 6.08 Å². The Morgan fingerprint density at radius 2 is 1.94 bits per heavy atom. The van der Waals surface area contributed by atoms with Crippen LogP contribution in [0, 0.1) is 0 Å². The molecule has 1 heterocycles. The van der Waals surface area contributed by atoms with E-state index in [1.807, 2.05) is 30.3 Å². The van der Waals surface area contributed by atoms with Gasteiger partial charge < -0.3 is 5.84 Å².